The number of rotatable bonds is 7. The first-order chi connectivity index (χ1) is 13.7. The molecule has 0 bridgehead atoms. The molecule has 142 valence electrons. The van der Waals surface area contributed by atoms with Gasteiger partial charge in [0.15, 0.2) is 6.61 Å². The van der Waals surface area contributed by atoms with Crippen molar-refractivity contribution >= 4 is 39.4 Å². The number of amides is 1. The van der Waals surface area contributed by atoms with Gasteiger partial charge in [-0.15, -0.1) is 11.3 Å². The largest absolute Gasteiger partial charge is 0.484 e. The van der Waals surface area contributed by atoms with Crippen LogP contribution in [0.5, 0.6) is 5.75 Å². The number of ether oxygens (including phenoxy) is 1. The van der Waals surface area contributed by atoms with E-state index in [1.165, 1.54) is 11.3 Å². The Bertz CT molecular complexity index is 1070. The second-order valence-electron chi connectivity index (χ2n) is 6.34. The lowest BCUT2D eigenvalue weighted by Gasteiger charge is -2.08. The van der Waals surface area contributed by atoms with E-state index in [9.17, 15) is 9.90 Å². The Kier molecular flexibility index (Phi) is 5.71. The molecule has 2 aromatic heterocycles. The van der Waals surface area contributed by atoms with Crippen LogP contribution in [0.1, 0.15) is 21.4 Å². The van der Waals surface area contributed by atoms with Crippen LogP contribution in [-0.4, -0.2) is 17.6 Å². The quantitative estimate of drug-likeness (QED) is 0.464. The van der Waals surface area contributed by atoms with E-state index in [0.717, 1.165) is 26.1 Å². The Hall–Kier alpha value is -2.67. The van der Waals surface area contributed by atoms with Crippen molar-refractivity contribution in [3.63, 3.8) is 0 Å². The van der Waals surface area contributed by atoms with Gasteiger partial charge in [-0.1, -0.05) is 30.3 Å². The van der Waals surface area contributed by atoms with Crippen molar-refractivity contribution in [1.82, 2.24) is 5.32 Å². The van der Waals surface area contributed by atoms with Crippen LogP contribution in [0.25, 0.3) is 10.8 Å². The molecule has 0 aliphatic heterocycles. The fourth-order valence-electron chi connectivity index (χ4n) is 2.87. The lowest BCUT2D eigenvalue weighted by atomic mass is 10.1. The van der Waals surface area contributed by atoms with Crippen molar-refractivity contribution in [1.29, 1.82) is 0 Å². The lowest BCUT2D eigenvalue weighted by molar-refractivity contribution is -0.123. The normalized spacial score (nSPS) is 12.0. The van der Waals surface area contributed by atoms with Crippen LogP contribution >= 0.6 is 22.7 Å². The molecule has 0 fully saturated rings. The van der Waals surface area contributed by atoms with Crippen LogP contribution in [0.4, 0.5) is 0 Å². The number of fused-ring (bicyclic) bond motifs is 1. The molecule has 1 amide bonds. The topological polar surface area (TPSA) is 58.6 Å². The third-order valence-corrected chi connectivity index (χ3v) is 6.20. The van der Waals surface area contributed by atoms with E-state index >= 15 is 0 Å². The standard InChI is InChI=1S/C22H19NO3S2/c24-21(13-26-18-6-5-15-3-1-2-4-16(15)11-18)23-12-19-7-8-20(28-19)22(25)17-9-10-27-14-17/h1-11,14,22,25H,12-13H2,(H,23,24). The third kappa shape index (κ3) is 4.42. The smallest absolute Gasteiger partial charge is 0.258 e. The van der Waals surface area contributed by atoms with Crippen molar-refractivity contribution in [3.05, 3.63) is 86.7 Å². The van der Waals surface area contributed by atoms with Gasteiger partial charge in [0, 0.05) is 9.75 Å². The molecular formula is C22H19NO3S2. The maximum atomic E-state index is 12.1. The van der Waals surface area contributed by atoms with E-state index in [-0.39, 0.29) is 12.5 Å². The molecule has 6 heteroatoms. The highest BCUT2D eigenvalue weighted by Crippen LogP contribution is 2.29. The van der Waals surface area contributed by atoms with Gasteiger partial charge < -0.3 is 15.2 Å². The Morgan fingerprint density at radius 3 is 2.75 bits per heavy atom. The average Bonchev–Trinajstić information content (AvgIpc) is 3.42. The van der Waals surface area contributed by atoms with Gasteiger partial charge in [-0.3, -0.25) is 4.79 Å². The van der Waals surface area contributed by atoms with Gasteiger partial charge in [0.05, 0.1) is 6.54 Å². The molecule has 0 aliphatic carbocycles. The molecule has 0 spiro atoms. The third-order valence-electron chi connectivity index (χ3n) is 4.36. The zero-order valence-corrected chi connectivity index (χ0v) is 16.6. The van der Waals surface area contributed by atoms with Gasteiger partial charge in [0.1, 0.15) is 11.9 Å². The second-order valence-corrected chi connectivity index (χ2v) is 8.32. The highest BCUT2D eigenvalue weighted by atomic mass is 32.1. The van der Waals surface area contributed by atoms with Gasteiger partial charge in [0.2, 0.25) is 0 Å². The molecule has 1 unspecified atom stereocenters. The lowest BCUT2D eigenvalue weighted by Crippen LogP contribution is -2.28. The van der Waals surface area contributed by atoms with Crippen LogP contribution in [0.2, 0.25) is 0 Å². The summed E-state index contributed by atoms with van der Waals surface area (Å²) in [5.74, 6) is 0.493. The summed E-state index contributed by atoms with van der Waals surface area (Å²) in [6.07, 6.45) is -0.614. The van der Waals surface area contributed by atoms with E-state index < -0.39 is 6.10 Å². The molecule has 4 rings (SSSR count). The molecule has 0 aliphatic rings. The van der Waals surface area contributed by atoms with Crippen molar-refractivity contribution in [2.24, 2.45) is 0 Å². The maximum Gasteiger partial charge on any atom is 0.258 e. The van der Waals surface area contributed by atoms with E-state index in [0.29, 0.717) is 12.3 Å². The zero-order valence-electron chi connectivity index (χ0n) is 15.0. The molecule has 28 heavy (non-hydrogen) atoms. The van der Waals surface area contributed by atoms with Gasteiger partial charge in [-0.25, -0.2) is 0 Å². The molecule has 0 saturated heterocycles. The number of carbonyl (C=O) groups is 1. The number of carbonyl (C=O) groups excluding carboxylic acids is 1. The first kappa shape index (κ1) is 18.7. The Labute approximate surface area is 171 Å². The molecule has 1 atom stereocenters. The zero-order chi connectivity index (χ0) is 19.3. The number of aliphatic hydroxyl groups excluding tert-OH is 1. The summed E-state index contributed by atoms with van der Waals surface area (Å²) < 4.78 is 5.61. The molecule has 2 N–H and O–H groups in total. The van der Waals surface area contributed by atoms with Gasteiger partial charge >= 0.3 is 0 Å². The monoisotopic (exact) mass is 409 g/mol. The van der Waals surface area contributed by atoms with E-state index in [1.54, 1.807) is 11.3 Å². The van der Waals surface area contributed by atoms with Crippen molar-refractivity contribution in [2.75, 3.05) is 6.61 Å². The number of benzene rings is 2. The first-order valence-electron chi connectivity index (χ1n) is 8.86. The fraction of sp³-hybridized carbons (Fsp3) is 0.136. The SMILES string of the molecule is O=C(COc1ccc2ccccc2c1)NCc1ccc(C(O)c2ccsc2)s1. The fourth-order valence-corrected chi connectivity index (χ4v) is 4.52. The van der Waals surface area contributed by atoms with Crippen LogP contribution < -0.4 is 10.1 Å². The summed E-state index contributed by atoms with van der Waals surface area (Å²) in [5, 5.41) is 19.3. The predicted molar refractivity (Wildman–Crippen MR) is 114 cm³/mol. The van der Waals surface area contributed by atoms with E-state index in [1.807, 2.05) is 71.4 Å². The summed E-state index contributed by atoms with van der Waals surface area (Å²) in [5.41, 5.74) is 0.895. The molecule has 2 aromatic carbocycles. The van der Waals surface area contributed by atoms with E-state index in [4.69, 9.17) is 4.74 Å². The summed E-state index contributed by atoms with van der Waals surface area (Å²) in [6.45, 7) is 0.384. The van der Waals surface area contributed by atoms with Gasteiger partial charge in [-0.05, 0) is 57.4 Å². The number of aliphatic hydroxyl groups is 1. The van der Waals surface area contributed by atoms with Gasteiger partial charge in [0.25, 0.3) is 5.91 Å². The minimum Gasteiger partial charge on any atom is -0.484 e. The van der Waals surface area contributed by atoms with Crippen molar-refractivity contribution < 1.29 is 14.6 Å². The van der Waals surface area contributed by atoms with Gasteiger partial charge in [-0.2, -0.15) is 11.3 Å². The van der Waals surface area contributed by atoms with E-state index in [2.05, 4.69) is 5.32 Å². The number of hydrogen-bond donors (Lipinski definition) is 2. The van der Waals surface area contributed by atoms with Crippen molar-refractivity contribution in [3.8, 4) is 5.75 Å². The highest BCUT2D eigenvalue weighted by molar-refractivity contribution is 7.12. The predicted octanol–water partition coefficient (Wildman–Crippen LogP) is 4.74. The molecule has 4 aromatic rings. The van der Waals surface area contributed by atoms with Crippen LogP contribution in [0.3, 0.4) is 0 Å². The highest BCUT2D eigenvalue weighted by Gasteiger charge is 2.13. The number of thiophene rings is 2. The minimum absolute atomic E-state index is 0.0336. The Morgan fingerprint density at radius 1 is 1.07 bits per heavy atom. The average molecular weight is 410 g/mol. The maximum absolute atomic E-state index is 12.1. The van der Waals surface area contributed by atoms with Crippen molar-refractivity contribution in [2.45, 2.75) is 12.6 Å². The Morgan fingerprint density at radius 2 is 1.93 bits per heavy atom. The molecule has 4 nitrogen and oxygen atoms in total. The van der Waals surface area contributed by atoms with Crippen LogP contribution in [0.15, 0.2) is 71.4 Å². The minimum atomic E-state index is -0.614. The number of hydrogen-bond acceptors (Lipinski definition) is 5. The molecule has 0 radical (unpaired) electrons. The Balaban J connectivity index is 1.28. The van der Waals surface area contributed by atoms with Crippen LogP contribution in [-0.2, 0) is 11.3 Å². The molecular weight excluding hydrogens is 390 g/mol. The second kappa shape index (κ2) is 8.56. The number of nitrogens with one attached hydrogen (secondary N) is 1. The summed E-state index contributed by atoms with van der Waals surface area (Å²) in [6, 6.07) is 19.6. The summed E-state index contributed by atoms with van der Waals surface area (Å²) in [4.78, 5) is 14.0. The first-order valence-corrected chi connectivity index (χ1v) is 10.6. The molecule has 0 saturated carbocycles. The molecule has 2 heterocycles. The van der Waals surface area contributed by atoms with Crippen LogP contribution in [0, 0.1) is 0 Å². The summed E-state index contributed by atoms with van der Waals surface area (Å²) in [7, 11) is 0. The summed E-state index contributed by atoms with van der Waals surface area (Å²) >= 11 is 3.06.